The van der Waals surface area contributed by atoms with Gasteiger partial charge in [0.25, 0.3) is 0 Å². The lowest BCUT2D eigenvalue weighted by Crippen LogP contribution is -2.09. The van der Waals surface area contributed by atoms with Crippen molar-refractivity contribution in [3.63, 3.8) is 0 Å². The average Bonchev–Trinajstić information content (AvgIpc) is 2.55. The Bertz CT molecular complexity index is 655. The van der Waals surface area contributed by atoms with E-state index in [0.717, 1.165) is 18.0 Å². The van der Waals surface area contributed by atoms with E-state index < -0.39 is 11.9 Å². The molecule has 0 aliphatic carbocycles. The predicted molar refractivity (Wildman–Crippen MR) is 91.4 cm³/mol. The molecule has 0 saturated carbocycles. The summed E-state index contributed by atoms with van der Waals surface area (Å²) in [5.41, 5.74) is 3.68. The Balaban J connectivity index is 0.000000413. The molecule has 0 amide bonds. The van der Waals surface area contributed by atoms with Crippen molar-refractivity contribution < 1.29 is 24.5 Å². The molecule has 0 heterocycles. The number of aryl methyl sites for hydroxylation is 1. The lowest BCUT2D eigenvalue weighted by Gasteiger charge is -2.08. The maximum Gasteiger partial charge on any atom is 0.414 e. The van der Waals surface area contributed by atoms with Crippen LogP contribution in [0, 0.1) is 6.92 Å². The monoisotopic (exact) mass is 331 g/mol. The van der Waals surface area contributed by atoms with Gasteiger partial charge in [-0.05, 0) is 49.2 Å². The summed E-state index contributed by atoms with van der Waals surface area (Å²) in [4.78, 5) is 18.2. The molecule has 128 valence electrons. The first-order valence-corrected chi connectivity index (χ1v) is 7.41. The molecular weight excluding hydrogens is 310 g/mol. The summed E-state index contributed by atoms with van der Waals surface area (Å²) < 4.78 is 5.42. The largest absolute Gasteiger partial charge is 0.494 e. The smallest absolute Gasteiger partial charge is 0.414 e. The minimum Gasteiger partial charge on any atom is -0.494 e. The molecule has 2 aromatic rings. The van der Waals surface area contributed by atoms with Crippen molar-refractivity contribution in [2.75, 3.05) is 11.9 Å². The molecule has 0 aliphatic rings. The minimum absolute atomic E-state index is 0.709. The lowest BCUT2D eigenvalue weighted by atomic mass is 10.2. The third kappa shape index (κ3) is 7.31. The van der Waals surface area contributed by atoms with E-state index in [9.17, 15) is 0 Å². The first-order valence-electron chi connectivity index (χ1n) is 7.41. The van der Waals surface area contributed by atoms with Gasteiger partial charge in [0, 0.05) is 12.2 Å². The minimum atomic E-state index is -1.82. The van der Waals surface area contributed by atoms with E-state index in [2.05, 4.69) is 48.6 Å². The lowest BCUT2D eigenvalue weighted by molar-refractivity contribution is -0.159. The summed E-state index contributed by atoms with van der Waals surface area (Å²) in [6, 6.07) is 16.6. The number of ether oxygens (including phenoxy) is 1. The molecule has 3 N–H and O–H groups in total. The predicted octanol–water partition coefficient (Wildman–Crippen LogP) is 3.16. The fourth-order valence-electron chi connectivity index (χ4n) is 1.83. The maximum atomic E-state index is 9.10. The topological polar surface area (TPSA) is 95.9 Å². The first-order chi connectivity index (χ1) is 11.4. The standard InChI is InChI=1S/C16H19NO.C2H2O4/c1-3-18-16-9-7-14(8-10-16)12-17-15-6-4-5-13(2)11-15;3-1(4)2(5)6/h4-11,17H,3,12H2,1-2H3;(H,3,4)(H,5,6). The van der Waals surface area contributed by atoms with Gasteiger partial charge in [0.1, 0.15) is 5.75 Å². The Morgan fingerprint density at radius 3 is 2.17 bits per heavy atom. The van der Waals surface area contributed by atoms with Crippen molar-refractivity contribution in [3.8, 4) is 5.75 Å². The van der Waals surface area contributed by atoms with E-state index in [1.165, 1.54) is 11.1 Å². The average molecular weight is 331 g/mol. The van der Waals surface area contributed by atoms with E-state index in [-0.39, 0.29) is 0 Å². The molecule has 0 radical (unpaired) electrons. The number of hydrogen-bond donors (Lipinski definition) is 3. The van der Waals surface area contributed by atoms with Gasteiger partial charge in [-0.15, -0.1) is 0 Å². The highest BCUT2D eigenvalue weighted by atomic mass is 16.5. The zero-order valence-electron chi connectivity index (χ0n) is 13.7. The fourth-order valence-corrected chi connectivity index (χ4v) is 1.83. The van der Waals surface area contributed by atoms with Gasteiger partial charge in [-0.25, -0.2) is 9.59 Å². The highest BCUT2D eigenvalue weighted by molar-refractivity contribution is 6.27. The van der Waals surface area contributed by atoms with E-state index in [1.54, 1.807) is 0 Å². The number of carboxylic acid groups (broad SMARTS) is 2. The quantitative estimate of drug-likeness (QED) is 0.728. The molecule has 0 aromatic heterocycles. The molecule has 24 heavy (non-hydrogen) atoms. The van der Waals surface area contributed by atoms with Gasteiger partial charge in [0.05, 0.1) is 6.61 Å². The van der Waals surface area contributed by atoms with Crippen LogP contribution in [-0.4, -0.2) is 28.8 Å². The molecule has 6 nitrogen and oxygen atoms in total. The van der Waals surface area contributed by atoms with Gasteiger partial charge in [-0.2, -0.15) is 0 Å². The molecule has 6 heteroatoms. The highest BCUT2D eigenvalue weighted by Gasteiger charge is 2.04. The number of nitrogens with one attached hydrogen (secondary N) is 1. The number of carboxylic acids is 2. The maximum absolute atomic E-state index is 9.10. The second-order valence-corrected chi connectivity index (χ2v) is 4.91. The van der Waals surface area contributed by atoms with Crippen molar-refractivity contribution in [3.05, 3.63) is 59.7 Å². The van der Waals surface area contributed by atoms with Crippen LogP contribution in [0.1, 0.15) is 18.1 Å². The fraction of sp³-hybridized carbons (Fsp3) is 0.222. The Morgan fingerprint density at radius 2 is 1.67 bits per heavy atom. The Kier molecular flexibility index (Phi) is 7.84. The third-order valence-electron chi connectivity index (χ3n) is 2.93. The number of aliphatic carboxylic acids is 2. The highest BCUT2D eigenvalue weighted by Crippen LogP contribution is 2.14. The summed E-state index contributed by atoms with van der Waals surface area (Å²) in [5.74, 6) is -2.72. The Morgan fingerprint density at radius 1 is 1.04 bits per heavy atom. The second-order valence-electron chi connectivity index (χ2n) is 4.91. The molecular formula is C18H21NO5. The molecule has 0 unspecified atom stereocenters. The zero-order valence-corrected chi connectivity index (χ0v) is 13.7. The molecule has 0 bridgehead atoms. The Labute approximate surface area is 140 Å². The molecule has 2 aromatic carbocycles. The normalized spacial score (nSPS) is 9.42. The van der Waals surface area contributed by atoms with Gasteiger partial charge >= 0.3 is 11.9 Å². The van der Waals surface area contributed by atoms with E-state index >= 15 is 0 Å². The summed E-state index contributed by atoms with van der Waals surface area (Å²) in [7, 11) is 0. The van der Waals surface area contributed by atoms with Crippen LogP contribution in [0.2, 0.25) is 0 Å². The van der Waals surface area contributed by atoms with Gasteiger partial charge in [-0.3, -0.25) is 0 Å². The zero-order chi connectivity index (χ0) is 17.9. The molecule has 0 fully saturated rings. The van der Waals surface area contributed by atoms with Crippen LogP contribution in [0.3, 0.4) is 0 Å². The van der Waals surface area contributed by atoms with Crippen LogP contribution >= 0.6 is 0 Å². The Hall–Kier alpha value is -3.02. The van der Waals surface area contributed by atoms with Crippen molar-refractivity contribution in [2.24, 2.45) is 0 Å². The SMILES string of the molecule is CCOc1ccc(CNc2cccc(C)c2)cc1.O=C(O)C(=O)O. The third-order valence-corrected chi connectivity index (χ3v) is 2.93. The number of rotatable bonds is 5. The van der Waals surface area contributed by atoms with Crippen LogP contribution in [0.15, 0.2) is 48.5 Å². The van der Waals surface area contributed by atoms with Gasteiger partial charge < -0.3 is 20.3 Å². The molecule has 2 rings (SSSR count). The van der Waals surface area contributed by atoms with Crippen molar-refractivity contribution in [1.29, 1.82) is 0 Å². The van der Waals surface area contributed by atoms with E-state index in [0.29, 0.717) is 6.61 Å². The van der Waals surface area contributed by atoms with Crippen LogP contribution in [0.25, 0.3) is 0 Å². The molecule has 0 aliphatic heterocycles. The molecule has 0 atom stereocenters. The van der Waals surface area contributed by atoms with Crippen LogP contribution in [0.5, 0.6) is 5.75 Å². The number of carbonyl (C=O) groups is 2. The number of hydrogen-bond acceptors (Lipinski definition) is 4. The first kappa shape index (κ1) is 19.0. The van der Waals surface area contributed by atoms with Crippen LogP contribution in [0.4, 0.5) is 5.69 Å². The van der Waals surface area contributed by atoms with Crippen LogP contribution < -0.4 is 10.1 Å². The number of benzene rings is 2. The summed E-state index contributed by atoms with van der Waals surface area (Å²) in [6.07, 6.45) is 0. The summed E-state index contributed by atoms with van der Waals surface area (Å²) in [5, 5.41) is 18.2. The van der Waals surface area contributed by atoms with Crippen LogP contribution in [-0.2, 0) is 16.1 Å². The van der Waals surface area contributed by atoms with E-state index in [4.69, 9.17) is 24.5 Å². The van der Waals surface area contributed by atoms with Crippen molar-refractivity contribution in [1.82, 2.24) is 0 Å². The summed E-state index contributed by atoms with van der Waals surface area (Å²) >= 11 is 0. The van der Waals surface area contributed by atoms with Crippen molar-refractivity contribution >= 4 is 17.6 Å². The van der Waals surface area contributed by atoms with Crippen molar-refractivity contribution in [2.45, 2.75) is 20.4 Å². The molecule has 0 saturated heterocycles. The summed E-state index contributed by atoms with van der Waals surface area (Å²) in [6.45, 7) is 5.63. The van der Waals surface area contributed by atoms with Gasteiger partial charge in [-0.1, -0.05) is 24.3 Å². The second kappa shape index (κ2) is 9.89. The van der Waals surface area contributed by atoms with E-state index in [1.807, 2.05) is 19.1 Å². The molecule has 0 spiro atoms. The van der Waals surface area contributed by atoms with Gasteiger partial charge in [0.15, 0.2) is 0 Å². The number of anilines is 1. The van der Waals surface area contributed by atoms with Gasteiger partial charge in [0.2, 0.25) is 0 Å².